The quantitative estimate of drug-likeness (QED) is 0.802. The molecular weight excluding hydrogens is 328 g/mol. The first-order chi connectivity index (χ1) is 12.7. The Labute approximate surface area is 153 Å². The number of H-pyrrole nitrogens is 1. The lowest BCUT2D eigenvalue weighted by molar-refractivity contribution is 0.0933. The average molecular weight is 354 g/mol. The van der Waals surface area contributed by atoms with Crippen LogP contribution in [0.1, 0.15) is 59.4 Å². The molecule has 0 radical (unpaired) electrons. The van der Waals surface area contributed by atoms with Gasteiger partial charge in [-0.25, -0.2) is 0 Å². The number of rotatable bonds is 7. The standard InChI is InChI=1S/C20H26N4O2/c1-26-16-6-4-5-15(11-16)19(24-9-2-3-10-24)13-21-20(25)18-12-17(22-23-18)14-7-8-14/h4-6,11-12,14,19H,2-3,7-10,13H2,1H3,(H,21,25)(H,22,23). The molecule has 1 saturated heterocycles. The Morgan fingerprint density at radius 3 is 2.88 bits per heavy atom. The lowest BCUT2D eigenvalue weighted by atomic mass is 10.0. The molecule has 1 aliphatic carbocycles. The molecule has 6 nitrogen and oxygen atoms in total. The number of nitrogens with one attached hydrogen (secondary N) is 2. The van der Waals surface area contributed by atoms with Crippen LogP contribution in [-0.2, 0) is 0 Å². The molecule has 1 aromatic heterocycles. The molecule has 1 amide bonds. The van der Waals surface area contributed by atoms with Crippen molar-refractivity contribution in [3.05, 3.63) is 47.3 Å². The second kappa shape index (κ2) is 7.50. The zero-order valence-electron chi connectivity index (χ0n) is 15.2. The van der Waals surface area contributed by atoms with Crippen LogP contribution in [0.2, 0.25) is 0 Å². The molecule has 1 aromatic carbocycles. The summed E-state index contributed by atoms with van der Waals surface area (Å²) in [6.45, 7) is 2.69. The van der Waals surface area contributed by atoms with Crippen LogP contribution in [0.3, 0.4) is 0 Å². The number of amides is 1. The fraction of sp³-hybridized carbons (Fsp3) is 0.500. The summed E-state index contributed by atoms with van der Waals surface area (Å²) in [6, 6.07) is 10.2. The number of ether oxygens (including phenoxy) is 1. The van der Waals surface area contributed by atoms with E-state index in [1.54, 1.807) is 7.11 Å². The van der Waals surface area contributed by atoms with Crippen LogP contribution >= 0.6 is 0 Å². The average Bonchev–Trinajstić information content (AvgIpc) is 3.17. The maximum atomic E-state index is 12.5. The summed E-state index contributed by atoms with van der Waals surface area (Å²) in [5.41, 5.74) is 2.74. The van der Waals surface area contributed by atoms with Crippen LogP contribution in [0.15, 0.2) is 30.3 Å². The van der Waals surface area contributed by atoms with Crippen molar-refractivity contribution >= 4 is 5.91 Å². The summed E-state index contributed by atoms with van der Waals surface area (Å²) >= 11 is 0. The lowest BCUT2D eigenvalue weighted by Gasteiger charge is -2.28. The molecule has 1 aliphatic heterocycles. The van der Waals surface area contributed by atoms with Crippen LogP contribution in [0.5, 0.6) is 5.75 Å². The number of aromatic amines is 1. The molecule has 2 aliphatic rings. The molecule has 6 heteroatoms. The number of nitrogens with zero attached hydrogens (tertiary/aromatic N) is 2. The summed E-state index contributed by atoms with van der Waals surface area (Å²) in [4.78, 5) is 15.0. The lowest BCUT2D eigenvalue weighted by Crippen LogP contribution is -2.37. The minimum Gasteiger partial charge on any atom is -0.497 e. The van der Waals surface area contributed by atoms with Crippen molar-refractivity contribution in [1.82, 2.24) is 20.4 Å². The van der Waals surface area contributed by atoms with Gasteiger partial charge in [0.1, 0.15) is 11.4 Å². The highest BCUT2D eigenvalue weighted by Crippen LogP contribution is 2.39. The molecule has 2 N–H and O–H groups in total. The summed E-state index contributed by atoms with van der Waals surface area (Å²) in [5, 5.41) is 10.3. The van der Waals surface area contributed by atoms with Gasteiger partial charge in [-0.1, -0.05) is 12.1 Å². The van der Waals surface area contributed by atoms with E-state index in [9.17, 15) is 4.79 Å². The van der Waals surface area contributed by atoms with Crippen molar-refractivity contribution in [2.24, 2.45) is 0 Å². The highest BCUT2D eigenvalue weighted by Gasteiger charge is 2.27. The minimum atomic E-state index is -0.111. The molecule has 1 unspecified atom stereocenters. The van der Waals surface area contributed by atoms with Crippen LogP contribution < -0.4 is 10.1 Å². The van der Waals surface area contributed by atoms with Gasteiger partial charge in [-0.3, -0.25) is 14.8 Å². The number of likely N-dealkylation sites (tertiary alicyclic amines) is 1. The second-order valence-electron chi connectivity index (χ2n) is 7.23. The first-order valence-corrected chi connectivity index (χ1v) is 9.46. The second-order valence-corrected chi connectivity index (χ2v) is 7.23. The molecule has 2 aromatic rings. The highest BCUT2D eigenvalue weighted by atomic mass is 16.5. The number of carbonyl (C=O) groups excluding carboxylic acids is 1. The van der Waals surface area contributed by atoms with Gasteiger partial charge in [0, 0.05) is 18.2 Å². The molecule has 138 valence electrons. The third kappa shape index (κ3) is 3.75. The Morgan fingerprint density at radius 2 is 2.15 bits per heavy atom. The van der Waals surface area contributed by atoms with E-state index in [-0.39, 0.29) is 11.9 Å². The Balaban J connectivity index is 1.46. The van der Waals surface area contributed by atoms with E-state index >= 15 is 0 Å². The maximum Gasteiger partial charge on any atom is 0.271 e. The Hall–Kier alpha value is -2.34. The van der Waals surface area contributed by atoms with Gasteiger partial charge in [0.05, 0.1) is 13.2 Å². The molecule has 0 spiro atoms. The molecule has 4 rings (SSSR count). The Morgan fingerprint density at radius 1 is 1.35 bits per heavy atom. The maximum absolute atomic E-state index is 12.5. The number of methoxy groups -OCH3 is 1. The molecule has 1 saturated carbocycles. The van der Waals surface area contributed by atoms with Crippen molar-refractivity contribution in [2.75, 3.05) is 26.7 Å². The van der Waals surface area contributed by atoms with E-state index in [2.05, 4.69) is 32.5 Å². The fourth-order valence-electron chi connectivity index (χ4n) is 3.70. The predicted molar refractivity (Wildman–Crippen MR) is 99.4 cm³/mol. The van der Waals surface area contributed by atoms with Gasteiger partial charge in [0.15, 0.2) is 0 Å². The van der Waals surface area contributed by atoms with Crippen LogP contribution in [-0.4, -0.2) is 47.7 Å². The summed E-state index contributed by atoms with van der Waals surface area (Å²) in [5.74, 6) is 1.30. The number of aromatic nitrogens is 2. The van der Waals surface area contributed by atoms with E-state index in [1.165, 1.54) is 31.2 Å². The van der Waals surface area contributed by atoms with Gasteiger partial charge in [-0.15, -0.1) is 0 Å². The zero-order valence-corrected chi connectivity index (χ0v) is 15.2. The predicted octanol–water partition coefficient (Wildman–Crippen LogP) is 2.86. The molecular formula is C20H26N4O2. The van der Waals surface area contributed by atoms with Gasteiger partial charge in [-0.2, -0.15) is 5.10 Å². The van der Waals surface area contributed by atoms with Crippen molar-refractivity contribution in [2.45, 2.75) is 37.6 Å². The van der Waals surface area contributed by atoms with Crippen LogP contribution in [0.25, 0.3) is 0 Å². The third-order valence-corrected chi connectivity index (χ3v) is 5.36. The molecule has 1 atom stereocenters. The normalized spacial score (nSPS) is 18.7. The topological polar surface area (TPSA) is 70.2 Å². The number of hydrogen-bond donors (Lipinski definition) is 2. The SMILES string of the molecule is COc1cccc(C(CNC(=O)c2cc(C3CC3)[nH]n2)N2CCCC2)c1. The Bertz CT molecular complexity index is 763. The van der Waals surface area contributed by atoms with Crippen molar-refractivity contribution in [3.8, 4) is 5.75 Å². The fourth-order valence-corrected chi connectivity index (χ4v) is 3.70. The first kappa shape index (κ1) is 17.1. The van der Waals surface area contributed by atoms with Crippen molar-refractivity contribution in [3.63, 3.8) is 0 Å². The van der Waals surface area contributed by atoms with E-state index in [4.69, 9.17) is 4.74 Å². The summed E-state index contributed by atoms with van der Waals surface area (Å²) in [6.07, 6.45) is 4.79. The van der Waals surface area contributed by atoms with E-state index in [0.29, 0.717) is 18.2 Å². The summed E-state index contributed by atoms with van der Waals surface area (Å²) < 4.78 is 5.37. The zero-order chi connectivity index (χ0) is 17.9. The third-order valence-electron chi connectivity index (χ3n) is 5.36. The Kier molecular flexibility index (Phi) is 4.93. The van der Waals surface area contributed by atoms with E-state index < -0.39 is 0 Å². The van der Waals surface area contributed by atoms with Crippen LogP contribution in [0, 0.1) is 0 Å². The monoisotopic (exact) mass is 354 g/mol. The molecule has 2 heterocycles. The van der Waals surface area contributed by atoms with Crippen molar-refractivity contribution in [1.29, 1.82) is 0 Å². The van der Waals surface area contributed by atoms with Gasteiger partial charge in [0.25, 0.3) is 5.91 Å². The molecule has 26 heavy (non-hydrogen) atoms. The summed E-state index contributed by atoms with van der Waals surface area (Å²) in [7, 11) is 1.68. The molecule has 2 fully saturated rings. The molecule has 0 bridgehead atoms. The van der Waals surface area contributed by atoms with E-state index in [1.807, 2.05) is 18.2 Å². The number of benzene rings is 1. The van der Waals surface area contributed by atoms with Gasteiger partial charge < -0.3 is 10.1 Å². The van der Waals surface area contributed by atoms with Gasteiger partial charge in [-0.05, 0) is 62.5 Å². The highest BCUT2D eigenvalue weighted by molar-refractivity contribution is 5.92. The van der Waals surface area contributed by atoms with Gasteiger partial charge >= 0.3 is 0 Å². The first-order valence-electron chi connectivity index (χ1n) is 9.46. The minimum absolute atomic E-state index is 0.111. The van der Waals surface area contributed by atoms with Crippen molar-refractivity contribution < 1.29 is 9.53 Å². The smallest absolute Gasteiger partial charge is 0.271 e. The van der Waals surface area contributed by atoms with Gasteiger partial charge in [0.2, 0.25) is 0 Å². The number of carbonyl (C=O) groups is 1. The van der Waals surface area contributed by atoms with E-state index in [0.717, 1.165) is 24.5 Å². The number of hydrogen-bond acceptors (Lipinski definition) is 4. The van der Waals surface area contributed by atoms with Crippen LogP contribution in [0.4, 0.5) is 0 Å². The largest absolute Gasteiger partial charge is 0.497 e.